The van der Waals surface area contributed by atoms with Gasteiger partial charge in [-0.2, -0.15) is 0 Å². The zero-order chi connectivity index (χ0) is 13.1. The summed E-state index contributed by atoms with van der Waals surface area (Å²) in [5.41, 5.74) is 4.81. The molecule has 0 spiro atoms. The van der Waals surface area contributed by atoms with Gasteiger partial charge < -0.3 is 0 Å². The van der Waals surface area contributed by atoms with Crippen LogP contribution in [-0.4, -0.2) is 0 Å². The molecule has 0 nitrogen and oxygen atoms in total. The Labute approximate surface area is 115 Å². The van der Waals surface area contributed by atoms with Crippen LogP contribution in [0.25, 0.3) is 0 Å². The number of rotatable bonds is 4. The molecule has 0 unspecified atom stereocenters. The maximum Gasteiger partial charge on any atom is 0.0171 e. The van der Waals surface area contributed by atoms with Crippen molar-refractivity contribution in [3.05, 3.63) is 83.4 Å². The Morgan fingerprint density at radius 2 is 1.58 bits per heavy atom. The molecule has 2 aromatic rings. The van der Waals surface area contributed by atoms with E-state index in [0.29, 0.717) is 5.41 Å². The second-order valence-corrected chi connectivity index (χ2v) is 5.63. The molecule has 0 amide bonds. The maximum atomic E-state index is 2.44. The van der Waals surface area contributed by atoms with Crippen molar-refractivity contribution in [2.45, 2.75) is 31.6 Å². The van der Waals surface area contributed by atoms with Crippen molar-refractivity contribution in [3.63, 3.8) is 0 Å². The van der Waals surface area contributed by atoms with Gasteiger partial charge in [-0.15, -0.1) is 0 Å². The van der Waals surface area contributed by atoms with Crippen LogP contribution in [0.5, 0.6) is 0 Å². The van der Waals surface area contributed by atoms with E-state index in [-0.39, 0.29) is 0 Å². The summed E-state index contributed by atoms with van der Waals surface area (Å²) in [5, 5.41) is 0. The van der Waals surface area contributed by atoms with E-state index in [9.17, 15) is 0 Å². The highest BCUT2D eigenvalue weighted by atomic mass is 14.5. The summed E-state index contributed by atoms with van der Waals surface area (Å²) in [7, 11) is 0. The molecular formula is C19H20. The van der Waals surface area contributed by atoms with Gasteiger partial charge in [0.25, 0.3) is 0 Å². The van der Waals surface area contributed by atoms with Crippen molar-refractivity contribution in [2.75, 3.05) is 0 Å². The van der Waals surface area contributed by atoms with E-state index in [0.717, 1.165) is 12.8 Å². The molecule has 0 radical (unpaired) electrons. The standard InChI is InChI=1S/C19H20/c1-19(17-12-6-3-7-13-17)15-18(19)14-8-11-16-9-4-2-5-10-16/h2-7,9-10,12-14H,8,11,15H2,1H3/b18-14+/t19-/m1/s1. The van der Waals surface area contributed by atoms with Crippen molar-refractivity contribution in [3.8, 4) is 0 Å². The van der Waals surface area contributed by atoms with Crippen LogP contribution >= 0.6 is 0 Å². The molecule has 0 N–H and O–H groups in total. The first kappa shape index (κ1) is 12.2. The predicted octanol–water partition coefficient (Wildman–Crippen LogP) is 4.91. The van der Waals surface area contributed by atoms with E-state index < -0.39 is 0 Å². The first-order valence-corrected chi connectivity index (χ1v) is 7.08. The highest BCUT2D eigenvalue weighted by molar-refractivity contribution is 5.48. The third-order valence-corrected chi connectivity index (χ3v) is 4.21. The number of allylic oxidation sites excluding steroid dienone is 2. The summed E-state index contributed by atoms with van der Waals surface area (Å²) in [4.78, 5) is 0. The fourth-order valence-corrected chi connectivity index (χ4v) is 2.79. The predicted molar refractivity (Wildman–Crippen MR) is 81.3 cm³/mol. The molecule has 0 heteroatoms. The average Bonchev–Trinajstić information content (AvgIpc) is 3.13. The third-order valence-electron chi connectivity index (χ3n) is 4.21. The van der Waals surface area contributed by atoms with E-state index in [1.807, 2.05) is 0 Å². The zero-order valence-corrected chi connectivity index (χ0v) is 11.5. The van der Waals surface area contributed by atoms with Gasteiger partial charge in [-0.05, 0) is 30.4 Å². The van der Waals surface area contributed by atoms with Crippen LogP contribution in [-0.2, 0) is 11.8 Å². The van der Waals surface area contributed by atoms with Gasteiger partial charge in [0.2, 0.25) is 0 Å². The summed E-state index contributed by atoms with van der Waals surface area (Å²) in [5.74, 6) is 0. The average molecular weight is 248 g/mol. The molecule has 96 valence electrons. The monoisotopic (exact) mass is 248 g/mol. The van der Waals surface area contributed by atoms with Crippen LogP contribution in [0.3, 0.4) is 0 Å². The number of aryl methyl sites for hydroxylation is 1. The lowest BCUT2D eigenvalue weighted by molar-refractivity contribution is 0.818. The van der Waals surface area contributed by atoms with Crippen molar-refractivity contribution in [2.24, 2.45) is 0 Å². The largest absolute Gasteiger partial charge is 0.0841 e. The van der Waals surface area contributed by atoms with Crippen molar-refractivity contribution in [1.82, 2.24) is 0 Å². The molecule has 19 heavy (non-hydrogen) atoms. The minimum Gasteiger partial charge on any atom is -0.0841 e. The van der Waals surface area contributed by atoms with Crippen LogP contribution in [0, 0.1) is 0 Å². The Morgan fingerprint density at radius 3 is 2.26 bits per heavy atom. The Bertz CT molecular complexity index is 566. The van der Waals surface area contributed by atoms with Crippen LogP contribution in [0.15, 0.2) is 72.3 Å². The topological polar surface area (TPSA) is 0 Å². The second kappa shape index (κ2) is 5.05. The van der Waals surface area contributed by atoms with Crippen LogP contribution in [0.1, 0.15) is 30.9 Å². The van der Waals surface area contributed by atoms with Gasteiger partial charge in [0.05, 0.1) is 0 Å². The van der Waals surface area contributed by atoms with E-state index in [1.54, 1.807) is 5.57 Å². The third kappa shape index (κ3) is 2.63. The van der Waals surface area contributed by atoms with Crippen LogP contribution in [0.2, 0.25) is 0 Å². The lowest BCUT2D eigenvalue weighted by atomic mass is 9.97. The Hall–Kier alpha value is -1.82. The van der Waals surface area contributed by atoms with E-state index >= 15 is 0 Å². The van der Waals surface area contributed by atoms with Gasteiger partial charge in [0.1, 0.15) is 0 Å². The number of hydrogen-bond donors (Lipinski definition) is 0. The highest BCUT2D eigenvalue weighted by Gasteiger charge is 2.44. The summed E-state index contributed by atoms with van der Waals surface area (Å²) in [6.45, 7) is 2.36. The Morgan fingerprint density at radius 1 is 0.947 bits per heavy atom. The summed E-state index contributed by atoms with van der Waals surface area (Å²) < 4.78 is 0. The number of benzene rings is 2. The molecule has 1 atom stereocenters. The minimum atomic E-state index is 0.317. The molecule has 3 rings (SSSR count). The van der Waals surface area contributed by atoms with Gasteiger partial charge in [-0.1, -0.05) is 79.2 Å². The van der Waals surface area contributed by atoms with E-state index in [2.05, 4.69) is 73.7 Å². The maximum absolute atomic E-state index is 2.44. The second-order valence-electron chi connectivity index (χ2n) is 5.63. The van der Waals surface area contributed by atoms with Crippen molar-refractivity contribution in [1.29, 1.82) is 0 Å². The summed E-state index contributed by atoms with van der Waals surface area (Å²) in [6, 6.07) is 21.6. The first-order valence-electron chi connectivity index (χ1n) is 7.08. The number of hydrogen-bond acceptors (Lipinski definition) is 0. The van der Waals surface area contributed by atoms with Gasteiger partial charge in [-0.3, -0.25) is 0 Å². The Kier molecular flexibility index (Phi) is 3.25. The SMILES string of the molecule is C[C@]1(c2ccccc2)C/C1=C\CCc1ccccc1. The van der Waals surface area contributed by atoms with Gasteiger partial charge >= 0.3 is 0 Å². The van der Waals surface area contributed by atoms with Crippen LogP contribution < -0.4 is 0 Å². The summed E-state index contributed by atoms with van der Waals surface area (Å²) in [6.07, 6.45) is 5.97. The molecular weight excluding hydrogens is 228 g/mol. The Balaban J connectivity index is 1.62. The highest BCUT2D eigenvalue weighted by Crippen LogP contribution is 2.53. The minimum absolute atomic E-state index is 0.317. The van der Waals surface area contributed by atoms with Gasteiger partial charge in [-0.25, -0.2) is 0 Å². The molecule has 1 aliphatic rings. The van der Waals surface area contributed by atoms with E-state index in [1.165, 1.54) is 17.5 Å². The molecule has 1 fully saturated rings. The lowest BCUT2D eigenvalue weighted by Gasteiger charge is -2.07. The molecule has 1 saturated carbocycles. The molecule has 0 saturated heterocycles. The molecule has 0 aliphatic heterocycles. The van der Waals surface area contributed by atoms with E-state index in [4.69, 9.17) is 0 Å². The summed E-state index contributed by atoms with van der Waals surface area (Å²) >= 11 is 0. The van der Waals surface area contributed by atoms with Gasteiger partial charge in [0.15, 0.2) is 0 Å². The smallest absolute Gasteiger partial charge is 0.0171 e. The molecule has 2 aromatic carbocycles. The molecule has 0 bridgehead atoms. The quantitative estimate of drug-likeness (QED) is 0.675. The van der Waals surface area contributed by atoms with Gasteiger partial charge in [0, 0.05) is 5.41 Å². The zero-order valence-electron chi connectivity index (χ0n) is 11.5. The first-order chi connectivity index (χ1) is 9.29. The molecule has 0 heterocycles. The fourth-order valence-electron chi connectivity index (χ4n) is 2.79. The van der Waals surface area contributed by atoms with Crippen molar-refractivity contribution >= 4 is 0 Å². The normalized spacial score (nSPS) is 23.5. The van der Waals surface area contributed by atoms with Crippen molar-refractivity contribution < 1.29 is 0 Å². The fraction of sp³-hybridized carbons (Fsp3) is 0.263. The lowest BCUT2D eigenvalue weighted by Crippen LogP contribution is -1.99. The molecule has 0 aromatic heterocycles. The van der Waals surface area contributed by atoms with Crippen LogP contribution in [0.4, 0.5) is 0 Å². The molecule has 1 aliphatic carbocycles.